The molecule has 1 aliphatic heterocycles. The predicted molar refractivity (Wildman–Crippen MR) is 90.6 cm³/mol. The molecule has 7 nitrogen and oxygen atoms in total. The average Bonchev–Trinajstić information content (AvgIpc) is 3.19. The monoisotopic (exact) mass is 366 g/mol. The van der Waals surface area contributed by atoms with Crippen molar-refractivity contribution in [1.82, 2.24) is 19.5 Å². The summed E-state index contributed by atoms with van der Waals surface area (Å²) in [5.74, 6) is 0.546. The van der Waals surface area contributed by atoms with Crippen molar-refractivity contribution < 1.29 is 13.2 Å². The van der Waals surface area contributed by atoms with E-state index in [9.17, 15) is 13.2 Å². The van der Waals surface area contributed by atoms with Gasteiger partial charge < -0.3 is 4.90 Å². The highest BCUT2D eigenvalue weighted by Crippen LogP contribution is 2.33. The number of nitrogens with zero attached hydrogens (tertiary/aromatic N) is 4. The zero-order valence-corrected chi connectivity index (χ0v) is 14.7. The molecule has 1 atom stereocenters. The van der Waals surface area contributed by atoms with Crippen LogP contribution in [0.4, 0.5) is 0 Å². The maximum Gasteiger partial charge on any atom is 0.233 e. The van der Waals surface area contributed by atoms with Gasteiger partial charge in [0.15, 0.2) is 20.6 Å². The second-order valence-electron chi connectivity index (χ2n) is 6.29. The highest BCUT2D eigenvalue weighted by Gasteiger charge is 2.41. The molecular formula is C15H18N4O3S2. The number of aromatic nitrogens is 3. The molecule has 4 rings (SSSR count). The molecule has 1 saturated heterocycles. The molecule has 2 aromatic heterocycles. The van der Waals surface area contributed by atoms with E-state index >= 15 is 0 Å². The molecule has 1 saturated carbocycles. The van der Waals surface area contributed by atoms with Gasteiger partial charge in [-0.3, -0.25) is 9.20 Å². The van der Waals surface area contributed by atoms with Gasteiger partial charge >= 0.3 is 0 Å². The fourth-order valence-corrected chi connectivity index (χ4v) is 5.68. The van der Waals surface area contributed by atoms with Gasteiger partial charge in [0, 0.05) is 18.3 Å². The van der Waals surface area contributed by atoms with Gasteiger partial charge in [-0.2, -0.15) is 0 Å². The quantitative estimate of drug-likeness (QED) is 0.734. The number of sulfone groups is 1. The normalized spacial score (nSPS) is 22.8. The van der Waals surface area contributed by atoms with E-state index in [1.54, 1.807) is 0 Å². The van der Waals surface area contributed by atoms with Crippen LogP contribution in [0.5, 0.6) is 0 Å². The summed E-state index contributed by atoms with van der Waals surface area (Å²) in [5, 5.41) is 8.87. The summed E-state index contributed by atoms with van der Waals surface area (Å²) in [7, 11) is -2.99. The Hall–Kier alpha value is -1.61. The lowest BCUT2D eigenvalue weighted by atomic mass is 10.2. The molecule has 9 heteroatoms. The van der Waals surface area contributed by atoms with Crippen molar-refractivity contribution in [3.8, 4) is 0 Å². The first-order chi connectivity index (χ1) is 11.5. The third-order valence-corrected chi connectivity index (χ3v) is 7.12. The molecule has 1 unspecified atom stereocenters. The molecule has 2 aliphatic rings. The average molecular weight is 366 g/mol. The van der Waals surface area contributed by atoms with Crippen molar-refractivity contribution >= 4 is 33.2 Å². The van der Waals surface area contributed by atoms with Gasteiger partial charge in [-0.25, -0.2) is 8.42 Å². The number of carbonyl (C=O) groups excluding carboxylic acids is 1. The van der Waals surface area contributed by atoms with Gasteiger partial charge in [0.25, 0.3) is 0 Å². The number of amides is 1. The van der Waals surface area contributed by atoms with Crippen LogP contribution in [0.25, 0.3) is 5.65 Å². The minimum Gasteiger partial charge on any atom is -0.335 e. The van der Waals surface area contributed by atoms with Crippen molar-refractivity contribution in [3.05, 3.63) is 24.4 Å². The maximum absolute atomic E-state index is 12.7. The Kier molecular flexibility index (Phi) is 4.00. The number of hydrogen-bond donors (Lipinski definition) is 0. The summed E-state index contributed by atoms with van der Waals surface area (Å²) in [6, 6.07) is 5.69. The highest BCUT2D eigenvalue weighted by atomic mass is 32.2. The fourth-order valence-electron chi connectivity index (χ4n) is 3.17. The van der Waals surface area contributed by atoms with Gasteiger partial charge in [-0.15, -0.1) is 10.2 Å². The first-order valence-electron chi connectivity index (χ1n) is 7.98. The smallest absolute Gasteiger partial charge is 0.233 e. The first kappa shape index (κ1) is 15.9. The molecule has 24 heavy (non-hydrogen) atoms. The van der Waals surface area contributed by atoms with E-state index in [1.807, 2.05) is 33.7 Å². The first-order valence-corrected chi connectivity index (χ1v) is 10.8. The van der Waals surface area contributed by atoms with E-state index in [0.29, 0.717) is 11.6 Å². The fraction of sp³-hybridized carbons (Fsp3) is 0.533. The molecule has 0 bridgehead atoms. The summed E-state index contributed by atoms with van der Waals surface area (Å²) in [4.78, 5) is 14.5. The molecular weight excluding hydrogens is 348 g/mol. The lowest BCUT2D eigenvalue weighted by Crippen LogP contribution is -2.43. The number of pyridine rings is 1. The summed E-state index contributed by atoms with van der Waals surface area (Å²) < 4.78 is 25.3. The van der Waals surface area contributed by atoms with Crippen LogP contribution in [0.15, 0.2) is 29.6 Å². The topological polar surface area (TPSA) is 84.6 Å². The van der Waals surface area contributed by atoms with E-state index in [0.717, 1.165) is 18.5 Å². The van der Waals surface area contributed by atoms with E-state index in [1.165, 1.54) is 11.8 Å². The van der Waals surface area contributed by atoms with Gasteiger partial charge in [0.2, 0.25) is 5.91 Å². The van der Waals surface area contributed by atoms with E-state index < -0.39 is 9.84 Å². The Bertz CT molecular complexity index is 876. The largest absolute Gasteiger partial charge is 0.335 e. The molecule has 3 heterocycles. The number of thioether (sulfide) groups is 1. The highest BCUT2D eigenvalue weighted by molar-refractivity contribution is 7.99. The van der Waals surface area contributed by atoms with Crippen LogP contribution < -0.4 is 0 Å². The number of carbonyl (C=O) groups is 1. The van der Waals surface area contributed by atoms with Crippen LogP contribution in [0.1, 0.15) is 19.3 Å². The Morgan fingerprint density at radius 1 is 1.25 bits per heavy atom. The second kappa shape index (κ2) is 6.03. The molecule has 2 aromatic rings. The molecule has 2 fully saturated rings. The van der Waals surface area contributed by atoms with Crippen molar-refractivity contribution in [2.24, 2.45) is 0 Å². The number of fused-ring (bicyclic) bond motifs is 1. The Morgan fingerprint density at radius 2 is 2.08 bits per heavy atom. The third-order valence-electron chi connectivity index (χ3n) is 4.44. The second-order valence-corrected chi connectivity index (χ2v) is 9.46. The van der Waals surface area contributed by atoms with Gasteiger partial charge in [0.05, 0.1) is 17.3 Å². The molecule has 0 radical (unpaired) electrons. The molecule has 1 amide bonds. The van der Waals surface area contributed by atoms with Crippen molar-refractivity contribution in [3.63, 3.8) is 0 Å². The lowest BCUT2D eigenvalue weighted by Gasteiger charge is -2.28. The third kappa shape index (κ3) is 3.14. The molecule has 0 spiro atoms. The minimum absolute atomic E-state index is 0.00252. The zero-order valence-electron chi connectivity index (χ0n) is 13.0. The van der Waals surface area contributed by atoms with E-state index in [4.69, 9.17) is 0 Å². The molecule has 0 aromatic carbocycles. The van der Waals surface area contributed by atoms with Crippen LogP contribution in [-0.4, -0.2) is 63.2 Å². The standard InChI is InChI=1S/C15H18N4O3S2/c20-14(9-23-15-17-16-13-3-1-2-7-18(13)15)19(11-4-5-11)12-6-8-24(21,22)10-12/h1-3,7,11-12H,4-6,8-10H2. The van der Waals surface area contributed by atoms with Gasteiger partial charge in [-0.05, 0) is 31.4 Å². The van der Waals surface area contributed by atoms with Crippen molar-refractivity contribution in [2.75, 3.05) is 17.3 Å². The Labute approximate surface area is 144 Å². The Balaban J connectivity index is 1.46. The maximum atomic E-state index is 12.7. The summed E-state index contributed by atoms with van der Waals surface area (Å²) in [6.45, 7) is 0. The molecule has 128 valence electrons. The lowest BCUT2D eigenvalue weighted by molar-refractivity contribution is -0.130. The van der Waals surface area contributed by atoms with Crippen LogP contribution >= 0.6 is 11.8 Å². The predicted octanol–water partition coefficient (Wildman–Crippen LogP) is 0.999. The zero-order chi connectivity index (χ0) is 16.7. The summed E-state index contributed by atoms with van der Waals surface area (Å²) >= 11 is 1.35. The van der Waals surface area contributed by atoms with Crippen LogP contribution in [0, 0.1) is 0 Å². The van der Waals surface area contributed by atoms with Crippen molar-refractivity contribution in [2.45, 2.75) is 36.5 Å². The van der Waals surface area contributed by atoms with Crippen LogP contribution in [0.3, 0.4) is 0 Å². The van der Waals surface area contributed by atoms with Crippen LogP contribution in [-0.2, 0) is 14.6 Å². The molecule has 0 N–H and O–H groups in total. The van der Waals surface area contributed by atoms with Crippen molar-refractivity contribution in [1.29, 1.82) is 0 Å². The SMILES string of the molecule is O=C(CSc1nnc2ccccn12)N(C1CC1)C1CCS(=O)(=O)C1. The summed E-state index contributed by atoms with van der Waals surface area (Å²) in [6.07, 6.45) is 4.37. The summed E-state index contributed by atoms with van der Waals surface area (Å²) in [5.41, 5.74) is 0.744. The van der Waals surface area contributed by atoms with E-state index in [2.05, 4.69) is 10.2 Å². The van der Waals surface area contributed by atoms with Gasteiger partial charge in [-0.1, -0.05) is 17.8 Å². The van der Waals surface area contributed by atoms with Gasteiger partial charge in [0.1, 0.15) is 0 Å². The Morgan fingerprint density at radius 3 is 2.79 bits per heavy atom. The number of hydrogen-bond acceptors (Lipinski definition) is 6. The van der Waals surface area contributed by atoms with E-state index in [-0.39, 0.29) is 35.2 Å². The van der Waals surface area contributed by atoms with Crippen LogP contribution in [0.2, 0.25) is 0 Å². The minimum atomic E-state index is -2.99. The molecule has 1 aliphatic carbocycles. The number of rotatable bonds is 5.